The van der Waals surface area contributed by atoms with E-state index in [0.717, 1.165) is 33.6 Å². The molecule has 0 amide bonds. The van der Waals surface area contributed by atoms with Gasteiger partial charge in [-0.25, -0.2) is 4.68 Å². The van der Waals surface area contributed by atoms with Crippen molar-refractivity contribution in [1.29, 1.82) is 0 Å². The Balaban J connectivity index is 1.45. The van der Waals surface area contributed by atoms with Crippen molar-refractivity contribution in [2.24, 2.45) is 0 Å². The summed E-state index contributed by atoms with van der Waals surface area (Å²) in [6.45, 7) is 4.23. The predicted octanol–water partition coefficient (Wildman–Crippen LogP) is 4.08. The third kappa shape index (κ3) is 5.50. The Kier molecular flexibility index (Phi) is 6.86. The largest absolute Gasteiger partial charge is 0.497 e. The molecule has 182 valence electrons. The van der Waals surface area contributed by atoms with Crippen molar-refractivity contribution >= 4 is 10.9 Å². The summed E-state index contributed by atoms with van der Waals surface area (Å²) in [5.41, 5.74) is 4.83. The second-order valence-electron chi connectivity index (χ2n) is 8.95. The number of pyridine rings is 1. The van der Waals surface area contributed by atoms with Crippen LogP contribution in [0.2, 0.25) is 0 Å². The Bertz CT molecular complexity index is 1510. The zero-order valence-corrected chi connectivity index (χ0v) is 20.4. The van der Waals surface area contributed by atoms with Crippen LogP contribution in [0.4, 0.5) is 0 Å². The molecule has 0 aliphatic carbocycles. The average molecular weight is 481 g/mol. The molecular formula is C28H28N6O2. The number of nitrogens with zero attached hydrogens (tertiary/aromatic N) is 5. The zero-order valence-electron chi connectivity index (χ0n) is 20.4. The minimum Gasteiger partial charge on any atom is -0.497 e. The van der Waals surface area contributed by atoms with E-state index >= 15 is 0 Å². The molecule has 3 aromatic carbocycles. The van der Waals surface area contributed by atoms with Crippen molar-refractivity contribution in [2.75, 3.05) is 7.11 Å². The van der Waals surface area contributed by atoms with Gasteiger partial charge in [0.05, 0.1) is 20.2 Å². The lowest BCUT2D eigenvalue weighted by atomic mass is 10.1. The van der Waals surface area contributed by atoms with Crippen LogP contribution < -0.4 is 10.3 Å². The summed E-state index contributed by atoms with van der Waals surface area (Å²) in [5.74, 6) is 1.49. The molecule has 5 rings (SSSR count). The molecule has 5 aromatic rings. The first-order valence-corrected chi connectivity index (χ1v) is 11.8. The number of aromatic amines is 1. The fourth-order valence-corrected chi connectivity index (χ4v) is 4.25. The molecule has 2 aromatic heterocycles. The van der Waals surface area contributed by atoms with E-state index in [2.05, 4.69) is 68.7 Å². The lowest BCUT2D eigenvalue weighted by Gasteiger charge is -2.22. The summed E-state index contributed by atoms with van der Waals surface area (Å²) in [4.78, 5) is 18.2. The molecule has 0 saturated heterocycles. The van der Waals surface area contributed by atoms with Gasteiger partial charge in [-0.3, -0.25) is 9.69 Å². The zero-order chi connectivity index (χ0) is 24.9. The van der Waals surface area contributed by atoms with Crippen molar-refractivity contribution in [3.8, 4) is 5.75 Å². The van der Waals surface area contributed by atoms with Crippen molar-refractivity contribution in [2.45, 2.75) is 33.1 Å². The van der Waals surface area contributed by atoms with Gasteiger partial charge in [0.15, 0.2) is 5.82 Å². The lowest BCUT2D eigenvalue weighted by Crippen LogP contribution is -2.28. The van der Waals surface area contributed by atoms with Crippen LogP contribution in [0.25, 0.3) is 10.9 Å². The monoisotopic (exact) mass is 480 g/mol. The maximum atomic E-state index is 13.0. The molecule has 0 spiro atoms. The molecule has 0 unspecified atom stereocenters. The number of H-pyrrole nitrogens is 1. The number of hydrogen-bond acceptors (Lipinski definition) is 6. The summed E-state index contributed by atoms with van der Waals surface area (Å²) >= 11 is 0. The van der Waals surface area contributed by atoms with Gasteiger partial charge < -0.3 is 9.72 Å². The fourth-order valence-electron chi connectivity index (χ4n) is 4.25. The number of aromatic nitrogens is 5. The SMILES string of the molecule is COc1ccc2[nH]c(=O)c(CN(Cc3ccc(C)cc3)Cc3nnnn3Cc3ccccc3)cc2c1. The quantitative estimate of drug-likeness (QED) is 0.342. The first kappa shape index (κ1) is 23.4. The number of benzene rings is 3. The molecule has 0 radical (unpaired) electrons. The van der Waals surface area contributed by atoms with Crippen LogP contribution in [0.1, 0.15) is 28.1 Å². The minimum atomic E-state index is -0.106. The predicted molar refractivity (Wildman–Crippen MR) is 139 cm³/mol. The van der Waals surface area contributed by atoms with E-state index < -0.39 is 0 Å². The van der Waals surface area contributed by atoms with Crippen molar-refractivity contribution in [3.05, 3.63) is 117 Å². The smallest absolute Gasteiger partial charge is 0.252 e. The Hall–Kier alpha value is -4.30. The summed E-state index contributed by atoms with van der Waals surface area (Å²) < 4.78 is 7.18. The number of nitrogens with one attached hydrogen (secondary N) is 1. The van der Waals surface area contributed by atoms with Crippen LogP contribution in [-0.4, -0.2) is 37.2 Å². The highest BCUT2D eigenvalue weighted by atomic mass is 16.5. The molecule has 0 saturated carbocycles. The van der Waals surface area contributed by atoms with Crippen molar-refractivity contribution in [3.63, 3.8) is 0 Å². The first-order chi connectivity index (χ1) is 17.6. The molecule has 0 aliphatic heterocycles. The van der Waals surface area contributed by atoms with Gasteiger partial charge in [0.1, 0.15) is 5.75 Å². The van der Waals surface area contributed by atoms with Gasteiger partial charge in [-0.2, -0.15) is 0 Å². The fraction of sp³-hybridized carbons (Fsp3) is 0.214. The summed E-state index contributed by atoms with van der Waals surface area (Å²) in [7, 11) is 1.64. The van der Waals surface area contributed by atoms with Gasteiger partial charge >= 0.3 is 0 Å². The van der Waals surface area contributed by atoms with Crippen LogP contribution in [0, 0.1) is 6.92 Å². The van der Waals surface area contributed by atoms with Gasteiger partial charge in [0.25, 0.3) is 5.56 Å². The maximum absolute atomic E-state index is 13.0. The molecule has 36 heavy (non-hydrogen) atoms. The van der Waals surface area contributed by atoms with Gasteiger partial charge in [-0.1, -0.05) is 60.2 Å². The Morgan fingerprint density at radius 2 is 1.72 bits per heavy atom. The first-order valence-electron chi connectivity index (χ1n) is 11.8. The van der Waals surface area contributed by atoms with E-state index in [9.17, 15) is 4.79 Å². The molecule has 0 atom stereocenters. The average Bonchev–Trinajstić information content (AvgIpc) is 3.32. The second-order valence-corrected chi connectivity index (χ2v) is 8.95. The van der Waals surface area contributed by atoms with E-state index in [1.165, 1.54) is 5.56 Å². The molecule has 0 bridgehead atoms. The van der Waals surface area contributed by atoms with Crippen LogP contribution in [0.3, 0.4) is 0 Å². The van der Waals surface area contributed by atoms with Gasteiger partial charge in [-0.15, -0.1) is 5.10 Å². The van der Waals surface area contributed by atoms with E-state index in [4.69, 9.17) is 4.74 Å². The van der Waals surface area contributed by atoms with E-state index in [0.29, 0.717) is 31.7 Å². The summed E-state index contributed by atoms with van der Waals surface area (Å²) in [6.07, 6.45) is 0. The van der Waals surface area contributed by atoms with Crippen molar-refractivity contribution in [1.82, 2.24) is 30.1 Å². The number of tetrazole rings is 1. The highest BCUT2D eigenvalue weighted by Gasteiger charge is 2.16. The van der Waals surface area contributed by atoms with Crippen LogP contribution in [0.15, 0.2) is 83.7 Å². The Morgan fingerprint density at radius 3 is 2.50 bits per heavy atom. The number of hydrogen-bond donors (Lipinski definition) is 1. The molecule has 0 aliphatic rings. The topological polar surface area (TPSA) is 88.9 Å². The number of fused-ring (bicyclic) bond motifs is 1. The molecule has 0 fully saturated rings. The van der Waals surface area contributed by atoms with E-state index in [-0.39, 0.29) is 5.56 Å². The standard InChI is InChI=1S/C28H28N6O2/c1-20-8-10-22(11-9-20)16-33(19-27-30-31-32-34(27)17-21-6-4-3-5-7-21)18-24-14-23-15-25(36-2)12-13-26(23)29-28(24)35/h3-15H,16-19H2,1-2H3,(H,29,35). The Labute approximate surface area is 209 Å². The second kappa shape index (κ2) is 10.5. The van der Waals surface area contributed by atoms with Crippen molar-refractivity contribution < 1.29 is 4.74 Å². The minimum absolute atomic E-state index is 0.106. The molecule has 8 heteroatoms. The summed E-state index contributed by atoms with van der Waals surface area (Å²) in [5, 5.41) is 13.4. The van der Waals surface area contributed by atoms with E-state index in [1.54, 1.807) is 7.11 Å². The Morgan fingerprint density at radius 1 is 0.917 bits per heavy atom. The number of methoxy groups -OCH3 is 1. The summed E-state index contributed by atoms with van der Waals surface area (Å²) in [6, 6.07) is 26.1. The lowest BCUT2D eigenvalue weighted by molar-refractivity contribution is 0.236. The highest BCUT2D eigenvalue weighted by Crippen LogP contribution is 2.20. The maximum Gasteiger partial charge on any atom is 0.252 e. The molecular weight excluding hydrogens is 452 g/mol. The molecule has 8 nitrogen and oxygen atoms in total. The third-order valence-electron chi connectivity index (χ3n) is 6.20. The van der Waals surface area contributed by atoms with Gasteiger partial charge in [-0.05, 0) is 52.7 Å². The number of ether oxygens (including phenoxy) is 1. The van der Waals surface area contributed by atoms with Crippen LogP contribution >= 0.6 is 0 Å². The third-order valence-corrected chi connectivity index (χ3v) is 6.20. The van der Waals surface area contributed by atoms with Crippen LogP contribution in [-0.2, 0) is 26.2 Å². The number of rotatable bonds is 9. The highest BCUT2D eigenvalue weighted by molar-refractivity contribution is 5.80. The molecule has 1 N–H and O–H groups in total. The number of aryl methyl sites for hydroxylation is 1. The van der Waals surface area contributed by atoms with E-state index in [1.807, 2.05) is 47.1 Å². The van der Waals surface area contributed by atoms with Gasteiger partial charge in [0.2, 0.25) is 0 Å². The normalized spacial score (nSPS) is 11.3. The van der Waals surface area contributed by atoms with Gasteiger partial charge in [0, 0.05) is 29.6 Å². The van der Waals surface area contributed by atoms with Crippen LogP contribution in [0.5, 0.6) is 5.75 Å². The molecule has 2 heterocycles.